The largest absolute Gasteiger partial charge is 0.482 e. The van der Waals surface area contributed by atoms with E-state index in [9.17, 15) is 4.79 Å². The molecule has 0 radical (unpaired) electrons. The Morgan fingerprint density at radius 1 is 1.31 bits per heavy atom. The third-order valence-corrected chi connectivity index (χ3v) is 4.75. The summed E-state index contributed by atoms with van der Waals surface area (Å²) in [6, 6.07) is 10.2. The van der Waals surface area contributed by atoms with Crippen molar-refractivity contribution in [3.05, 3.63) is 35.9 Å². The van der Waals surface area contributed by atoms with Crippen molar-refractivity contribution in [2.45, 2.75) is 57.7 Å². The highest BCUT2D eigenvalue weighted by Crippen LogP contribution is 2.42. The molecule has 5 heteroatoms. The van der Waals surface area contributed by atoms with Crippen molar-refractivity contribution in [2.24, 2.45) is 0 Å². The smallest absolute Gasteiger partial charge is 0.410 e. The van der Waals surface area contributed by atoms with Gasteiger partial charge in [-0.05, 0) is 44.9 Å². The van der Waals surface area contributed by atoms with Gasteiger partial charge in [0, 0.05) is 37.9 Å². The summed E-state index contributed by atoms with van der Waals surface area (Å²) >= 11 is 0. The predicted octanol–water partition coefficient (Wildman–Crippen LogP) is 4.54. The standard InChI is InChI=1S/C21H26N2O3/c1-20(2,3)26-19(24)23-13-10-21(11-14-23)15-16(7-6-12-22)17-8-4-5-9-18(17)25-21/h4-5,8-9,15H,6-7,10-11,13-14H2,1-3H3. The van der Waals surface area contributed by atoms with Crippen molar-refractivity contribution < 1.29 is 14.3 Å². The van der Waals surface area contributed by atoms with Crippen LogP contribution in [-0.2, 0) is 4.74 Å². The van der Waals surface area contributed by atoms with Gasteiger partial charge in [0.15, 0.2) is 0 Å². The molecule has 2 aliphatic heterocycles. The van der Waals surface area contributed by atoms with Gasteiger partial charge in [0.05, 0.1) is 6.07 Å². The number of fused-ring (bicyclic) bond motifs is 1. The number of nitrogens with zero attached hydrogens (tertiary/aromatic N) is 2. The van der Waals surface area contributed by atoms with Crippen LogP contribution >= 0.6 is 0 Å². The maximum atomic E-state index is 12.3. The molecule has 0 saturated carbocycles. The summed E-state index contributed by atoms with van der Waals surface area (Å²) in [7, 11) is 0. The molecule has 5 nitrogen and oxygen atoms in total. The van der Waals surface area contributed by atoms with Crippen molar-refractivity contribution in [3.63, 3.8) is 0 Å². The first-order chi connectivity index (χ1) is 12.3. The Morgan fingerprint density at radius 3 is 2.65 bits per heavy atom. The van der Waals surface area contributed by atoms with Gasteiger partial charge in [-0.2, -0.15) is 5.26 Å². The Hall–Kier alpha value is -2.48. The first-order valence-corrected chi connectivity index (χ1v) is 9.17. The quantitative estimate of drug-likeness (QED) is 0.782. The summed E-state index contributed by atoms with van der Waals surface area (Å²) in [5, 5.41) is 8.97. The zero-order chi connectivity index (χ0) is 18.8. The molecule has 0 N–H and O–H groups in total. The number of allylic oxidation sites excluding steroid dienone is 1. The number of carbonyl (C=O) groups is 1. The van der Waals surface area contributed by atoms with Crippen LogP contribution in [0.25, 0.3) is 5.57 Å². The number of carbonyl (C=O) groups excluding carboxylic acids is 1. The fraction of sp³-hybridized carbons (Fsp3) is 0.524. The highest BCUT2D eigenvalue weighted by atomic mass is 16.6. The van der Waals surface area contributed by atoms with Crippen LogP contribution in [0.3, 0.4) is 0 Å². The fourth-order valence-corrected chi connectivity index (χ4v) is 3.50. The summed E-state index contributed by atoms with van der Waals surface area (Å²) in [4.78, 5) is 14.1. The number of hydrogen-bond acceptors (Lipinski definition) is 4. The minimum atomic E-state index is -0.489. The number of likely N-dealkylation sites (tertiary alicyclic amines) is 1. The van der Waals surface area contributed by atoms with Crippen LogP contribution in [0.15, 0.2) is 30.3 Å². The number of piperidine rings is 1. The second-order valence-electron chi connectivity index (χ2n) is 7.96. The average molecular weight is 354 g/mol. The number of nitriles is 1. The van der Waals surface area contributed by atoms with E-state index in [4.69, 9.17) is 14.7 Å². The lowest BCUT2D eigenvalue weighted by atomic mass is 9.84. The van der Waals surface area contributed by atoms with Crippen LogP contribution in [0.4, 0.5) is 4.79 Å². The molecule has 1 amide bonds. The number of para-hydroxylation sites is 1. The van der Waals surface area contributed by atoms with Crippen LogP contribution in [0, 0.1) is 11.3 Å². The topological polar surface area (TPSA) is 62.6 Å². The number of rotatable bonds is 2. The van der Waals surface area contributed by atoms with Gasteiger partial charge >= 0.3 is 6.09 Å². The lowest BCUT2D eigenvalue weighted by molar-refractivity contribution is -0.00123. The molecule has 138 valence electrons. The second-order valence-corrected chi connectivity index (χ2v) is 7.96. The van der Waals surface area contributed by atoms with E-state index in [1.54, 1.807) is 4.90 Å². The van der Waals surface area contributed by atoms with Crippen molar-refractivity contribution in [2.75, 3.05) is 13.1 Å². The fourth-order valence-electron chi connectivity index (χ4n) is 3.50. The van der Waals surface area contributed by atoms with Crippen molar-refractivity contribution in [1.82, 2.24) is 4.90 Å². The van der Waals surface area contributed by atoms with E-state index in [0.717, 1.165) is 24.2 Å². The van der Waals surface area contributed by atoms with Gasteiger partial charge in [0.2, 0.25) is 0 Å². The van der Waals surface area contributed by atoms with E-state index in [2.05, 4.69) is 12.1 Å². The van der Waals surface area contributed by atoms with E-state index >= 15 is 0 Å². The lowest BCUT2D eigenvalue weighted by Crippen LogP contribution is -2.50. The summed E-state index contributed by atoms with van der Waals surface area (Å²) in [5.74, 6) is 0.869. The van der Waals surface area contributed by atoms with Crippen LogP contribution in [0.2, 0.25) is 0 Å². The monoisotopic (exact) mass is 354 g/mol. The Morgan fingerprint density at radius 2 is 2.00 bits per heavy atom. The van der Waals surface area contributed by atoms with Gasteiger partial charge in [0.25, 0.3) is 0 Å². The highest BCUT2D eigenvalue weighted by Gasteiger charge is 2.40. The van der Waals surface area contributed by atoms with E-state index < -0.39 is 11.2 Å². The van der Waals surface area contributed by atoms with E-state index in [1.807, 2.05) is 45.0 Å². The molecule has 0 unspecified atom stereocenters. The number of hydrogen-bond donors (Lipinski definition) is 0. The predicted molar refractivity (Wildman–Crippen MR) is 99.7 cm³/mol. The number of benzene rings is 1. The Bertz CT molecular complexity index is 747. The minimum absolute atomic E-state index is 0.266. The van der Waals surface area contributed by atoms with E-state index in [-0.39, 0.29) is 6.09 Å². The van der Waals surface area contributed by atoms with Gasteiger partial charge < -0.3 is 14.4 Å². The summed E-state index contributed by atoms with van der Waals surface area (Å²) in [5.41, 5.74) is 1.34. The number of amides is 1. The molecule has 0 atom stereocenters. The molecule has 0 aromatic heterocycles. The Balaban J connectivity index is 1.76. The Labute approximate surface area is 155 Å². The van der Waals surface area contributed by atoms with Crippen LogP contribution in [-0.4, -0.2) is 35.3 Å². The molecule has 2 heterocycles. The van der Waals surface area contributed by atoms with Crippen LogP contribution in [0.1, 0.15) is 52.0 Å². The normalized spacial score (nSPS) is 18.4. The number of ether oxygens (including phenoxy) is 2. The zero-order valence-electron chi connectivity index (χ0n) is 15.7. The molecule has 1 saturated heterocycles. The molecule has 26 heavy (non-hydrogen) atoms. The van der Waals surface area contributed by atoms with Gasteiger partial charge in [-0.1, -0.05) is 18.2 Å². The molecular formula is C21H26N2O3. The van der Waals surface area contributed by atoms with E-state index in [1.165, 1.54) is 5.57 Å². The average Bonchev–Trinajstić information content (AvgIpc) is 2.58. The molecule has 0 aliphatic carbocycles. The first kappa shape index (κ1) is 18.3. The Kier molecular flexibility index (Phi) is 4.95. The lowest BCUT2D eigenvalue weighted by Gasteiger charge is -2.43. The van der Waals surface area contributed by atoms with Gasteiger partial charge in [-0.15, -0.1) is 0 Å². The van der Waals surface area contributed by atoms with Gasteiger partial charge in [0.1, 0.15) is 17.0 Å². The van der Waals surface area contributed by atoms with Crippen molar-refractivity contribution in [3.8, 4) is 11.8 Å². The third kappa shape index (κ3) is 4.01. The van der Waals surface area contributed by atoms with Crippen molar-refractivity contribution >= 4 is 11.7 Å². The summed E-state index contributed by atoms with van der Waals surface area (Å²) < 4.78 is 11.8. The highest BCUT2D eigenvalue weighted by molar-refractivity contribution is 5.74. The van der Waals surface area contributed by atoms with Crippen LogP contribution < -0.4 is 4.74 Å². The molecule has 3 rings (SSSR count). The molecule has 0 bridgehead atoms. The molecule has 2 aliphatic rings. The van der Waals surface area contributed by atoms with Gasteiger partial charge in [-0.25, -0.2) is 4.79 Å². The summed E-state index contributed by atoms with van der Waals surface area (Å²) in [6.07, 6.45) is 4.55. The SMILES string of the molecule is CC(C)(C)OC(=O)N1CCC2(C=C(CCC#N)c3ccccc3O2)CC1. The maximum Gasteiger partial charge on any atom is 0.410 e. The molecule has 1 aromatic carbocycles. The molecule has 1 spiro atoms. The van der Waals surface area contributed by atoms with Crippen molar-refractivity contribution in [1.29, 1.82) is 5.26 Å². The minimum Gasteiger partial charge on any atom is -0.482 e. The van der Waals surface area contributed by atoms with Crippen LogP contribution in [0.5, 0.6) is 5.75 Å². The molecular weight excluding hydrogens is 328 g/mol. The molecule has 1 fully saturated rings. The van der Waals surface area contributed by atoms with E-state index in [0.29, 0.717) is 25.9 Å². The molecule has 1 aromatic rings. The first-order valence-electron chi connectivity index (χ1n) is 9.17. The second kappa shape index (κ2) is 7.03. The zero-order valence-corrected chi connectivity index (χ0v) is 15.7. The maximum absolute atomic E-state index is 12.3. The van der Waals surface area contributed by atoms with Gasteiger partial charge in [-0.3, -0.25) is 0 Å². The summed E-state index contributed by atoms with van der Waals surface area (Å²) in [6.45, 7) is 6.82. The third-order valence-electron chi connectivity index (χ3n) is 4.75.